The lowest BCUT2D eigenvalue weighted by Crippen LogP contribution is -2.13. The van der Waals surface area contributed by atoms with E-state index in [1.165, 1.54) is 36.5 Å². The fraction of sp³-hybridized carbons (Fsp3) is 0.667. The Morgan fingerprint density at radius 3 is 1.73 bits per heavy atom. The van der Waals surface area contributed by atoms with Crippen molar-refractivity contribution >= 4 is 0 Å². The first-order chi connectivity index (χ1) is 14.3. The lowest BCUT2D eigenvalue weighted by atomic mass is 10.1. The predicted octanol–water partition coefficient (Wildman–Crippen LogP) is 7.73. The van der Waals surface area contributed by atoms with Gasteiger partial charge in [-0.15, -0.1) is 0 Å². The highest BCUT2D eigenvalue weighted by atomic mass is 19.3. The van der Waals surface area contributed by atoms with Crippen LogP contribution in [0.3, 0.4) is 0 Å². The van der Waals surface area contributed by atoms with Crippen molar-refractivity contribution in [3.8, 4) is 0 Å². The van der Waals surface area contributed by atoms with E-state index in [-0.39, 0.29) is 12.0 Å². The molecule has 1 saturated carbocycles. The second kappa shape index (κ2) is 16.8. The Labute approximate surface area is 183 Å². The van der Waals surface area contributed by atoms with Gasteiger partial charge in [-0.2, -0.15) is 0 Å². The molecule has 0 N–H and O–H groups in total. The SMILES string of the molecule is CC.CC.CC.CCCC(F)(F)c1cnc(C)nc1.Cc1ncc(C)c(C2CC2)n1. The molecule has 0 amide bonds. The largest absolute Gasteiger partial charge is 0.276 e. The van der Waals surface area contributed by atoms with Gasteiger partial charge in [-0.3, -0.25) is 0 Å². The van der Waals surface area contributed by atoms with Gasteiger partial charge in [0.15, 0.2) is 0 Å². The average Bonchev–Trinajstić information content (AvgIpc) is 3.60. The highest BCUT2D eigenvalue weighted by molar-refractivity contribution is 5.23. The second-order valence-corrected chi connectivity index (χ2v) is 6.23. The maximum atomic E-state index is 13.2. The average molecular weight is 425 g/mol. The van der Waals surface area contributed by atoms with Crippen LogP contribution in [0.2, 0.25) is 0 Å². The lowest BCUT2D eigenvalue weighted by molar-refractivity contribution is -0.0147. The Balaban J connectivity index is 0. The molecule has 3 rings (SSSR count). The Morgan fingerprint density at radius 1 is 0.833 bits per heavy atom. The van der Waals surface area contributed by atoms with Gasteiger partial charge >= 0.3 is 0 Å². The summed E-state index contributed by atoms with van der Waals surface area (Å²) in [6.07, 6.45) is 7.24. The summed E-state index contributed by atoms with van der Waals surface area (Å²) in [6.45, 7) is 19.4. The molecule has 6 heteroatoms. The molecule has 0 unspecified atom stereocenters. The van der Waals surface area contributed by atoms with Crippen molar-refractivity contribution in [3.05, 3.63) is 47.1 Å². The highest BCUT2D eigenvalue weighted by Crippen LogP contribution is 2.40. The molecule has 1 fully saturated rings. The molecule has 0 spiro atoms. The van der Waals surface area contributed by atoms with E-state index in [1.807, 2.05) is 54.7 Å². The fourth-order valence-electron chi connectivity index (χ4n) is 2.36. The van der Waals surface area contributed by atoms with Crippen molar-refractivity contribution in [2.45, 2.75) is 107 Å². The van der Waals surface area contributed by atoms with Gasteiger partial charge in [0.05, 0.1) is 11.3 Å². The van der Waals surface area contributed by atoms with Gasteiger partial charge in [0.1, 0.15) is 11.6 Å². The Bertz CT molecular complexity index is 669. The molecule has 1 aliphatic carbocycles. The van der Waals surface area contributed by atoms with Crippen LogP contribution in [0.15, 0.2) is 18.6 Å². The number of hydrogen-bond donors (Lipinski definition) is 0. The summed E-state index contributed by atoms with van der Waals surface area (Å²) in [4.78, 5) is 16.0. The van der Waals surface area contributed by atoms with Crippen molar-refractivity contribution in [1.82, 2.24) is 19.9 Å². The molecule has 0 atom stereocenters. The smallest absolute Gasteiger partial charge is 0.241 e. The van der Waals surface area contributed by atoms with Crippen LogP contribution in [0.25, 0.3) is 0 Å². The van der Waals surface area contributed by atoms with Crippen molar-refractivity contribution in [1.29, 1.82) is 0 Å². The molecule has 0 aliphatic heterocycles. The van der Waals surface area contributed by atoms with Crippen molar-refractivity contribution in [2.75, 3.05) is 0 Å². The first-order valence-electron chi connectivity index (χ1n) is 11.3. The van der Waals surface area contributed by atoms with Gasteiger partial charge in [-0.1, -0.05) is 54.9 Å². The van der Waals surface area contributed by atoms with Crippen LogP contribution in [0, 0.1) is 20.8 Å². The van der Waals surface area contributed by atoms with E-state index in [2.05, 4.69) is 26.9 Å². The van der Waals surface area contributed by atoms with E-state index in [0.29, 0.717) is 12.2 Å². The summed E-state index contributed by atoms with van der Waals surface area (Å²) in [5, 5.41) is 0. The maximum absolute atomic E-state index is 13.2. The summed E-state index contributed by atoms with van der Waals surface area (Å²) in [7, 11) is 0. The molecule has 1 aliphatic rings. The third kappa shape index (κ3) is 11.3. The number of rotatable bonds is 4. The summed E-state index contributed by atoms with van der Waals surface area (Å²) in [6, 6.07) is 0. The minimum atomic E-state index is -2.79. The third-order valence-electron chi connectivity index (χ3n) is 3.86. The molecule has 2 heterocycles. The molecule has 2 aromatic rings. The van der Waals surface area contributed by atoms with Crippen LogP contribution in [-0.4, -0.2) is 19.9 Å². The van der Waals surface area contributed by atoms with Crippen molar-refractivity contribution in [3.63, 3.8) is 0 Å². The zero-order chi connectivity index (χ0) is 23.7. The number of alkyl halides is 2. The standard InChI is InChI=1S/C9H12F2N2.C9H12N2.3C2H6/c1-3-4-9(10,11)8-5-12-7(2)13-6-8;1-6-5-10-7(2)11-9(6)8-3-4-8;3*1-2/h5-6H,3-4H2,1-2H3;5,8H,3-4H2,1-2H3;3*1-2H3. The Hall–Kier alpha value is -1.98. The molecule has 0 bridgehead atoms. The maximum Gasteiger partial charge on any atom is 0.276 e. The first-order valence-corrected chi connectivity index (χ1v) is 11.3. The fourth-order valence-corrected chi connectivity index (χ4v) is 2.36. The Morgan fingerprint density at radius 2 is 1.30 bits per heavy atom. The molecule has 0 saturated heterocycles. The zero-order valence-corrected chi connectivity index (χ0v) is 20.7. The van der Waals surface area contributed by atoms with Gasteiger partial charge in [-0.25, -0.2) is 28.7 Å². The third-order valence-corrected chi connectivity index (χ3v) is 3.86. The number of aromatic nitrogens is 4. The van der Waals surface area contributed by atoms with E-state index in [9.17, 15) is 8.78 Å². The second-order valence-electron chi connectivity index (χ2n) is 6.23. The van der Waals surface area contributed by atoms with Crippen LogP contribution in [0.4, 0.5) is 8.78 Å². The predicted molar refractivity (Wildman–Crippen MR) is 123 cm³/mol. The molecule has 2 aromatic heterocycles. The molecule has 30 heavy (non-hydrogen) atoms. The van der Waals surface area contributed by atoms with Crippen molar-refractivity contribution < 1.29 is 8.78 Å². The normalized spacial score (nSPS) is 11.9. The summed E-state index contributed by atoms with van der Waals surface area (Å²) in [5.74, 6) is -0.632. The van der Waals surface area contributed by atoms with Gasteiger partial charge in [0, 0.05) is 30.9 Å². The van der Waals surface area contributed by atoms with Crippen molar-refractivity contribution in [2.24, 2.45) is 0 Å². The monoisotopic (exact) mass is 424 g/mol. The molecule has 172 valence electrons. The number of halogens is 2. The summed E-state index contributed by atoms with van der Waals surface area (Å²) in [5.41, 5.74) is 2.43. The number of aryl methyl sites for hydroxylation is 3. The van der Waals surface area contributed by atoms with E-state index in [1.54, 1.807) is 13.8 Å². The summed E-state index contributed by atoms with van der Waals surface area (Å²) >= 11 is 0. The number of nitrogens with zero attached hydrogens (tertiary/aromatic N) is 4. The van der Waals surface area contributed by atoms with E-state index in [4.69, 9.17) is 0 Å². The highest BCUT2D eigenvalue weighted by Gasteiger charge is 2.30. The minimum absolute atomic E-state index is 0.0973. The topological polar surface area (TPSA) is 51.6 Å². The van der Waals surface area contributed by atoms with Crippen LogP contribution in [-0.2, 0) is 5.92 Å². The lowest BCUT2D eigenvalue weighted by Gasteiger charge is -2.14. The quantitative estimate of drug-likeness (QED) is 0.504. The molecule has 0 aromatic carbocycles. The van der Waals surface area contributed by atoms with Crippen LogP contribution in [0.5, 0.6) is 0 Å². The zero-order valence-electron chi connectivity index (χ0n) is 20.7. The molecular weight excluding hydrogens is 382 g/mol. The number of hydrogen-bond acceptors (Lipinski definition) is 4. The van der Waals surface area contributed by atoms with E-state index in [0.717, 1.165) is 11.7 Å². The van der Waals surface area contributed by atoms with Gasteiger partial charge in [0.2, 0.25) is 0 Å². The first kappa shape index (κ1) is 30.2. The Kier molecular flexibility index (Phi) is 16.9. The van der Waals surface area contributed by atoms with Gasteiger partial charge < -0.3 is 0 Å². The summed E-state index contributed by atoms with van der Waals surface area (Å²) < 4.78 is 26.4. The van der Waals surface area contributed by atoms with Crippen LogP contribution < -0.4 is 0 Å². The van der Waals surface area contributed by atoms with Gasteiger partial charge in [-0.05, 0) is 39.2 Å². The molecule has 4 nitrogen and oxygen atoms in total. The molecule has 0 radical (unpaired) electrons. The van der Waals surface area contributed by atoms with Crippen LogP contribution >= 0.6 is 0 Å². The molecular formula is C24H42F2N4. The van der Waals surface area contributed by atoms with E-state index < -0.39 is 5.92 Å². The minimum Gasteiger partial charge on any atom is -0.241 e. The van der Waals surface area contributed by atoms with Gasteiger partial charge in [0.25, 0.3) is 5.92 Å². The van der Waals surface area contributed by atoms with Crippen LogP contribution in [0.1, 0.15) is 109 Å². The van der Waals surface area contributed by atoms with E-state index >= 15 is 0 Å².